The maximum Gasteiger partial charge on any atom is 0.191 e. The largest absolute Gasteiger partial charge is 0.382 e. The van der Waals surface area contributed by atoms with E-state index >= 15 is 0 Å². The number of hydrogen-bond acceptors (Lipinski definition) is 7. The third kappa shape index (κ3) is 3.77. The van der Waals surface area contributed by atoms with E-state index in [2.05, 4.69) is 32.6 Å². The van der Waals surface area contributed by atoms with Gasteiger partial charge >= 0.3 is 0 Å². The summed E-state index contributed by atoms with van der Waals surface area (Å²) >= 11 is 1.36. The second-order valence-electron chi connectivity index (χ2n) is 6.01. The Balaban J connectivity index is 1.87. The fraction of sp³-hybridized carbons (Fsp3) is 0.353. The van der Waals surface area contributed by atoms with Gasteiger partial charge in [-0.1, -0.05) is 46.8 Å². The minimum absolute atomic E-state index is 0.0887. The topological polar surface area (TPSA) is 105 Å². The van der Waals surface area contributed by atoms with Crippen LogP contribution in [0, 0.1) is 6.92 Å². The highest BCUT2D eigenvalue weighted by Crippen LogP contribution is 2.26. The number of nitrogens with zero attached hydrogens (tertiary/aromatic N) is 6. The van der Waals surface area contributed by atoms with E-state index in [4.69, 9.17) is 5.73 Å². The van der Waals surface area contributed by atoms with Crippen LogP contribution in [0.5, 0.6) is 0 Å². The molecular weight excluding hydrogens is 350 g/mol. The van der Waals surface area contributed by atoms with Gasteiger partial charge in [0.05, 0.1) is 12.3 Å². The smallest absolute Gasteiger partial charge is 0.191 e. The van der Waals surface area contributed by atoms with Crippen molar-refractivity contribution in [3.05, 3.63) is 35.4 Å². The Morgan fingerprint density at radius 1 is 1.19 bits per heavy atom. The number of hydrogen-bond donors (Lipinski definition) is 1. The highest BCUT2D eigenvalue weighted by Gasteiger charge is 2.20. The van der Waals surface area contributed by atoms with Crippen LogP contribution in [0.15, 0.2) is 29.4 Å². The maximum absolute atomic E-state index is 11.2. The van der Waals surface area contributed by atoms with Crippen LogP contribution in [-0.2, 0) is 17.9 Å². The van der Waals surface area contributed by atoms with E-state index in [9.17, 15) is 4.79 Å². The van der Waals surface area contributed by atoms with Crippen LogP contribution in [0.1, 0.15) is 25.0 Å². The predicted molar refractivity (Wildman–Crippen MR) is 101 cm³/mol. The molecule has 0 aliphatic rings. The number of carbonyl (C=O) groups excluding carboxylic acids is 1. The molecule has 0 saturated carbocycles. The number of carbonyl (C=O) groups is 1. The lowest BCUT2D eigenvalue weighted by Crippen LogP contribution is -2.07. The molecule has 3 aromatic rings. The van der Waals surface area contributed by atoms with Crippen LogP contribution >= 0.6 is 11.8 Å². The van der Waals surface area contributed by atoms with Crippen LogP contribution in [0.25, 0.3) is 11.5 Å². The zero-order valence-corrected chi connectivity index (χ0v) is 15.8. The summed E-state index contributed by atoms with van der Waals surface area (Å²) in [6, 6.07) is 8.19. The van der Waals surface area contributed by atoms with Crippen LogP contribution in [0.3, 0.4) is 0 Å². The number of rotatable bonds is 7. The molecule has 8 nitrogen and oxygen atoms in total. The van der Waals surface area contributed by atoms with Crippen LogP contribution in [0.2, 0.25) is 0 Å². The van der Waals surface area contributed by atoms with Gasteiger partial charge in [0.25, 0.3) is 0 Å². The molecule has 2 aromatic heterocycles. The number of nitrogens with two attached hydrogens (primary N) is 1. The van der Waals surface area contributed by atoms with Crippen molar-refractivity contribution >= 4 is 23.4 Å². The number of aromatic nitrogens is 6. The monoisotopic (exact) mass is 371 g/mol. The Morgan fingerprint density at radius 2 is 1.92 bits per heavy atom. The molecule has 0 fully saturated rings. The van der Waals surface area contributed by atoms with Gasteiger partial charge in [0.1, 0.15) is 5.78 Å². The molecule has 0 atom stereocenters. The zero-order chi connectivity index (χ0) is 18.7. The number of thioether (sulfide) groups is 1. The fourth-order valence-electron chi connectivity index (χ4n) is 2.48. The van der Waals surface area contributed by atoms with Gasteiger partial charge in [-0.15, -0.1) is 15.3 Å². The molecule has 2 heterocycles. The van der Waals surface area contributed by atoms with Gasteiger partial charge in [-0.05, 0) is 26.3 Å². The quantitative estimate of drug-likeness (QED) is 0.635. The number of benzene rings is 1. The van der Waals surface area contributed by atoms with Gasteiger partial charge in [0.2, 0.25) is 0 Å². The van der Waals surface area contributed by atoms with Crippen molar-refractivity contribution in [2.45, 2.75) is 39.0 Å². The standard InChI is InChI=1S/C17H21N7OS/c1-4-23-16(20-21-17(23)26-10-12(3)25)14-15(18)24(22-19-14)9-13-7-5-11(2)6-8-13/h5-8H,4,9-10,18H2,1-3H3. The van der Waals surface area contributed by atoms with Crippen molar-refractivity contribution in [3.8, 4) is 11.5 Å². The summed E-state index contributed by atoms with van der Waals surface area (Å²) in [5.74, 6) is 1.45. The third-order valence-electron chi connectivity index (χ3n) is 3.88. The number of anilines is 1. The average Bonchev–Trinajstić information content (AvgIpc) is 3.18. The Morgan fingerprint density at radius 3 is 2.58 bits per heavy atom. The molecule has 0 bridgehead atoms. The second-order valence-corrected chi connectivity index (χ2v) is 6.95. The third-order valence-corrected chi connectivity index (χ3v) is 4.99. The van der Waals surface area contributed by atoms with Crippen molar-refractivity contribution < 1.29 is 4.79 Å². The molecule has 0 amide bonds. The van der Waals surface area contributed by atoms with Gasteiger partial charge in [0.15, 0.2) is 22.5 Å². The summed E-state index contributed by atoms with van der Waals surface area (Å²) in [5, 5.41) is 17.4. The first-order valence-electron chi connectivity index (χ1n) is 8.30. The molecule has 0 unspecified atom stereocenters. The second kappa shape index (κ2) is 7.69. The summed E-state index contributed by atoms with van der Waals surface area (Å²) in [7, 11) is 0. The SMILES string of the molecule is CCn1c(SCC(C)=O)nnc1-c1nnn(Cc2ccc(C)cc2)c1N. The van der Waals surface area contributed by atoms with E-state index < -0.39 is 0 Å². The van der Waals surface area contributed by atoms with Gasteiger partial charge in [0, 0.05) is 6.54 Å². The lowest BCUT2D eigenvalue weighted by molar-refractivity contribution is -0.114. The Labute approximate surface area is 155 Å². The summed E-state index contributed by atoms with van der Waals surface area (Å²) in [6.07, 6.45) is 0. The number of nitrogen functional groups attached to an aromatic ring is 1. The molecule has 0 radical (unpaired) electrons. The van der Waals surface area contributed by atoms with Gasteiger partial charge < -0.3 is 10.3 Å². The first-order valence-corrected chi connectivity index (χ1v) is 9.28. The Kier molecular flexibility index (Phi) is 5.36. The number of ketones is 1. The minimum atomic E-state index is 0.0887. The zero-order valence-electron chi connectivity index (χ0n) is 15.0. The fourth-order valence-corrected chi connectivity index (χ4v) is 3.29. The van der Waals surface area contributed by atoms with E-state index in [0.717, 1.165) is 5.56 Å². The summed E-state index contributed by atoms with van der Waals surface area (Å²) in [4.78, 5) is 11.2. The molecular formula is C17H21N7OS. The summed E-state index contributed by atoms with van der Waals surface area (Å²) < 4.78 is 3.54. The van der Waals surface area contributed by atoms with E-state index in [1.165, 1.54) is 17.3 Å². The molecule has 136 valence electrons. The lowest BCUT2D eigenvalue weighted by Gasteiger charge is -2.06. The number of aryl methyl sites for hydroxylation is 1. The van der Waals surface area contributed by atoms with E-state index in [-0.39, 0.29) is 5.78 Å². The molecule has 0 aliphatic heterocycles. The normalized spacial score (nSPS) is 11.0. The van der Waals surface area contributed by atoms with Gasteiger partial charge in [-0.3, -0.25) is 4.79 Å². The predicted octanol–water partition coefficient (Wildman–Crippen LogP) is 2.18. The first-order chi connectivity index (χ1) is 12.5. The van der Waals surface area contributed by atoms with Crippen molar-refractivity contribution in [2.75, 3.05) is 11.5 Å². The van der Waals surface area contributed by atoms with Crippen molar-refractivity contribution in [3.63, 3.8) is 0 Å². The van der Waals surface area contributed by atoms with Crippen molar-refractivity contribution in [1.29, 1.82) is 0 Å². The molecule has 26 heavy (non-hydrogen) atoms. The van der Waals surface area contributed by atoms with Gasteiger partial charge in [-0.2, -0.15) is 0 Å². The van der Waals surface area contributed by atoms with E-state index in [1.54, 1.807) is 11.6 Å². The van der Waals surface area contributed by atoms with Crippen molar-refractivity contribution in [1.82, 2.24) is 29.8 Å². The van der Waals surface area contributed by atoms with Crippen LogP contribution < -0.4 is 5.73 Å². The van der Waals surface area contributed by atoms with Crippen LogP contribution in [-0.4, -0.2) is 41.3 Å². The lowest BCUT2D eigenvalue weighted by atomic mass is 10.1. The highest BCUT2D eigenvalue weighted by atomic mass is 32.2. The molecule has 0 spiro atoms. The van der Waals surface area contributed by atoms with Crippen LogP contribution in [0.4, 0.5) is 5.82 Å². The molecule has 1 aromatic carbocycles. The highest BCUT2D eigenvalue weighted by molar-refractivity contribution is 7.99. The summed E-state index contributed by atoms with van der Waals surface area (Å²) in [5.41, 5.74) is 9.06. The average molecular weight is 371 g/mol. The van der Waals surface area contributed by atoms with Crippen molar-refractivity contribution in [2.24, 2.45) is 0 Å². The van der Waals surface area contributed by atoms with E-state index in [0.29, 0.717) is 41.3 Å². The minimum Gasteiger partial charge on any atom is -0.382 e. The molecule has 9 heteroatoms. The van der Waals surface area contributed by atoms with E-state index in [1.807, 2.05) is 30.5 Å². The molecule has 2 N–H and O–H groups in total. The summed E-state index contributed by atoms with van der Waals surface area (Å²) in [6.45, 7) is 6.76. The molecule has 0 saturated heterocycles. The first kappa shape index (κ1) is 18.1. The number of Topliss-reactive ketones (excluding diaryl/α,β-unsaturated/α-hetero) is 1. The van der Waals surface area contributed by atoms with Gasteiger partial charge in [-0.25, -0.2) is 4.68 Å². The Hall–Kier alpha value is -2.68. The molecule has 0 aliphatic carbocycles. The maximum atomic E-state index is 11.2. The molecule has 3 rings (SSSR count). The Bertz CT molecular complexity index is 914.